The Labute approximate surface area is 114 Å². The zero-order chi connectivity index (χ0) is 14.9. The second-order valence-corrected chi connectivity index (χ2v) is 4.28. The minimum absolute atomic E-state index is 0.383. The van der Waals surface area contributed by atoms with Gasteiger partial charge >= 0.3 is 5.97 Å². The molecular formula is C14H12FN2O3-. The summed E-state index contributed by atoms with van der Waals surface area (Å²) in [7, 11) is 0. The number of carboxylic acids is 1. The molecule has 0 amide bonds. The molecule has 2 aromatic rings. The average molecular weight is 275 g/mol. The molecule has 0 saturated heterocycles. The van der Waals surface area contributed by atoms with E-state index in [1.807, 2.05) is 0 Å². The van der Waals surface area contributed by atoms with Gasteiger partial charge in [-0.25, -0.2) is 9.18 Å². The molecule has 0 aliphatic heterocycles. The number of benzene rings is 2. The maximum atomic E-state index is 14.0. The minimum atomic E-state index is -1.37. The number of hydrogen-bond donors (Lipinski definition) is 3. The summed E-state index contributed by atoms with van der Waals surface area (Å²) in [6.07, 6.45) is 0. The van der Waals surface area contributed by atoms with Gasteiger partial charge in [-0.05, 0) is 30.4 Å². The van der Waals surface area contributed by atoms with Gasteiger partial charge in [0.15, 0.2) is 0 Å². The maximum Gasteiger partial charge on any atom is 0.337 e. The second kappa shape index (κ2) is 5.08. The van der Waals surface area contributed by atoms with Crippen molar-refractivity contribution in [2.24, 2.45) is 0 Å². The molecule has 0 radical (unpaired) electrons. The first kappa shape index (κ1) is 13.7. The van der Waals surface area contributed by atoms with Crippen molar-refractivity contribution >= 4 is 23.0 Å². The van der Waals surface area contributed by atoms with Crippen molar-refractivity contribution in [3.05, 3.63) is 47.3 Å². The molecular weight excluding hydrogens is 263 g/mol. The van der Waals surface area contributed by atoms with E-state index < -0.39 is 23.2 Å². The van der Waals surface area contributed by atoms with Crippen LogP contribution in [0.15, 0.2) is 30.3 Å². The minimum Gasteiger partial charge on any atom is -0.869 e. The van der Waals surface area contributed by atoms with Crippen molar-refractivity contribution in [2.75, 3.05) is 11.1 Å². The Morgan fingerprint density at radius 3 is 2.65 bits per heavy atom. The van der Waals surface area contributed by atoms with Gasteiger partial charge in [0, 0.05) is 11.4 Å². The normalized spacial score (nSPS) is 10.3. The summed E-state index contributed by atoms with van der Waals surface area (Å²) in [5.41, 5.74) is 5.40. The highest BCUT2D eigenvalue weighted by atomic mass is 19.1. The lowest BCUT2D eigenvalue weighted by molar-refractivity contribution is -0.271. The third-order valence-electron chi connectivity index (χ3n) is 2.89. The summed E-state index contributed by atoms with van der Waals surface area (Å²) >= 11 is 0. The van der Waals surface area contributed by atoms with Gasteiger partial charge in [-0.1, -0.05) is 18.2 Å². The standard InChI is InChI=1S/C14H13FN2O3/c1-7-4-2-3-5-10(7)17-12-8(14(19)20)6-9(16)13(18)11(12)15/h2-6,17-18H,16H2,1H3,(H,19,20)/p-1. The van der Waals surface area contributed by atoms with Crippen LogP contribution in [0, 0.1) is 12.7 Å². The highest BCUT2D eigenvalue weighted by Gasteiger charge is 2.18. The van der Waals surface area contributed by atoms with Gasteiger partial charge in [-0.15, -0.1) is 0 Å². The number of aryl methyl sites for hydroxylation is 1. The fourth-order valence-electron chi connectivity index (χ4n) is 1.79. The molecule has 0 saturated carbocycles. The molecule has 0 spiro atoms. The van der Waals surface area contributed by atoms with Gasteiger partial charge in [0.05, 0.1) is 11.3 Å². The van der Waals surface area contributed by atoms with Crippen LogP contribution in [0.4, 0.5) is 21.5 Å². The second-order valence-electron chi connectivity index (χ2n) is 4.28. The summed E-state index contributed by atoms with van der Waals surface area (Å²) in [6.45, 7) is 1.77. The van der Waals surface area contributed by atoms with Gasteiger partial charge < -0.3 is 21.3 Å². The molecule has 0 aromatic heterocycles. The molecule has 2 aromatic carbocycles. The molecule has 0 heterocycles. The Balaban J connectivity index is 2.59. The molecule has 104 valence electrons. The summed E-state index contributed by atoms with van der Waals surface area (Å²) in [5, 5.41) is 23.2. The van der Waals surface area contributed by atoms with E-state index in [1.54, 1.807) is 31.2 Å². The quantitative estimate of drug-likeness (QED) is 0.746. The fourth-order valence-corrected chi connectivity index (χ4v) is 1.79. The van der Waals surface area contributed by atoms with Crippen LogP contribution < -0.4 is 16.2 Å². The van der Waals surface area contributed by atoms with Gasteiger partial charge in [0.1, 0.15) is 5.82 Å². The zero-order valence-electron chi connectivity index (χ0n) is 10.6. The SMILES string of the molecule is Cc1ccccc1Nc1c(C(=O)O)cc(N)c([O-])c1F. The Hall–Kier alpha value is -2.76. The first-order valence-electron chi connectivity index (χ1n) is 5.76. The predicted molar refractivity (Wildman–Crippen MR) is 71.7 cm³/mol. The molecule has 0 bridgehead atoms. The monoisotopic (exact) mass is 275 g/mol. The van der Waals surface area contributed by atoms with Crippen LogP contribution in [-0.2, 0) is 0 Å². The maximum absolute atomic E-state index is 14.0. The summed E-state index contributed by atoms with van der Waals surface area (Å²) in [5.74, 6) is -3.59. The molecule has 20 heavy (non-hydrogen) atoms. The fraction of sp³-hybridized carbons (Fsp3) is 0.0714. The van der Waals surface area contributed by atoms with Gasteiger partial charge in [-0.2, -0.15) is 0 Å². The van der Waals surface area contributed by atoms with E-state index in [-0.39, 0.29) is 11.3 Å². The molecule has 0 aliphatic carbocycles. The van der Waals surface area contributed by atoms with Gasteiger partial charge in [0.25, 0.3) is 0 Å². The van der Waals surface area contributed by atoms with Crippen LogP contribution in [-0.4, -0.2) is 11.1 Å². The number of nitrogen functional groups attached to an aromatic ring is 1. The smallest absolute Gasteiger partial charge is 0.337 e. The van der Waals surface area contributed by atoms with Crippen molar-refractivity contribution in [3.63, 3.8) is 0 Å². The van der Waals surface area contributed by atoms with Crippen LogP contribution in [0.1, 0.15) is 15.9 Å². The average Bonchev–Trinajstić information content (AvgIpc) is 2.41. The number of para-hydroxylation sites is 1. The van der Waals surface area contributed by atoms with Gasteiger partial charge in [0.2, 0.25) is 0 Å². The van der Waals surface area contributed by atoms with Crippen molar-refractivity contribution in [1.29, 1.82) is 0 Å². The molecule has 0 aliphatic rings. The van der Waals surface area contributed by atoms with Crippen LogP contribution >= 0.6 is 0 Å². The Bertz CT molecular complexity index is 686. The number of rotatable bonds is 3. The van der Waals surface area contributed by atoms with Crippen molar-refractivity contribution in [2.45, 2.75) is 6.92 Å². The highest BCUT2D eigenvalue weighted by molar-refractivity contribution is 5.97. The topological polar surface area (TPSA) is 98.4 Å². The number of aromatic carboxylic acids is 1. The number of halogens is 1. The number of carboxylic acid groups (broad SMARTS) is 1. The van der Waals surface area contributed by atoms with Crippen molar-refractivity contribution in [1.82, 2.24) is 0 Å². The van der Waals surface area contributed by atoms with E-state index in [2.05, 4.69) is 5.32 Å². The molecule has 6 heteroatoms. The van der Waals surface area contributed by atoms with Crippen LogP contribution in [0.25, 0.3) is 0 Å². The zero-order valence-corrected chi connectivity index (χ0v) is 10.6. The van der Waals surface area contributed by atoms with Crippen LogP contribution in [0.5, 0.6) is 5.75 Å². The number of nitrogens with two attached hydrogens (primary N) is 1. The third-order valence-corrected chi connectivity index (χ3v) is 2.89. The molecule has 2 rings (SSSR count). The van der Waals surface area contributed by atoms with E-state index in [4.69, 9.17) is 10.8 Å². The highest BCUT2D eigenvalue weighted by Crippen LogP contribution is 2.34. The summed E-state index contributed by atoms with van der Waals surface area (Å²) < 4.78 is 14.0. The van der Waals surface area contributed by atoms with Crippen LogP contribution in [0.2, 0.25) is 0 Å². The molecule has 0 atom stereocenters. The molecule has 0 unspecified atom stereocenters. The van der Waals surface area contributed by atoms with E-state index in [1.165, 1.54) is 0 Å². The lowest BCUT2D eigenvalue weighted by Gasteiger charge is -2.19. The van der Waals surface area contributed by atoms with Gasteiger partial charge in [-0.3, -0.25) is 0 Å². The molecule has 0 fully saturated rings. The van der Waals surface area contributed by atoms with Crippen LogP contribution in [0.3, 0.4) is 0 Å². The summed E-state index contributed by atoms with van der Waals surface area (Å²) in [6, 6.07) is 7.88. The van der Waals surface area contributed by atoms with E-state index >= 15 is 0 Å². The number of nitrogens with one attached hydrogen (secondary N) is 1. The van der Waals surface area contributed by atoms with Crippen molar-refractivity contribution in [3.8, 4) is 5.75 Å². The Morgan fingerprint density at radius 2 is 2.05 bits per heavy atom. The van der Waals surface area contributed by atoms with Crippen molar-refractivity contribution < 1.29 is 19.4 Å². The first-order chi connectivity index (χ1) is 9.41. The number of carbonyl (C=O) groups is 1. The lowest BCUT2D eigenvalue weighted by Crippen LogP contribution is -2.10. The third kappa shape index (κ3) is 2.35. The molecule has 5 nitrogen and oxygen atoms in total. The number of anilines is 3. The van der Waals surface area contributed by atoms with E-state index in [0.29, 0.717) is 5.69 Å². The lowest BCUT2D eigenvalue weighted by atomic mass is 10.1. The molecule has 4 N–H and O–H groups in total. The van der Waals surface area contributed by atoms with E-state index in [9.17, 15) is 14.3 Å². The largest absolute Gasteiger partial charge is 0.869 e. The number of hydrogen-bond acceptors (Lipinski definition) is 4. The predicted octanol–water partition coefficient (Wildman–Crippen LogP) is 2.23. The first-order valence-corrected chi connectivity index (χ1v) is 5.76. The van der Waals surface area contributed by atoms with E-state index in [0.717, 1.165) is 11.6 Å². The Kier molecular flexibility index (Phi) is 3.47. The summed E-state index contributed by atoms with van der Waals surface area (Å²) in [4.78, 5) is 11.1. The Morgan fingerprint density at radius 1 is 1.40 bits per heavy atom.